The molecule has 0 saturated carbocycles. The molecule has 3 rings (SSSR count). The van der Waals surface area contributed by atoms with Crippen molar-refractivity contribution in [2.75, 3.05) is 19.7 Å². The first kappa shape index (κ1) is 26.2. The van der Waals surface area contributed by atoms with Gasteiger partial charge in [-0.25, -0.2) is 4.39 Å². The number of carbonyl (C=O) groups is 1. The van der Waals surface area contributed by atoms with Crippen LogP contribution in [-0.2, 0) is 30.4 Å². The molecule has 186 valence electrons. The summed E-state index contributed by atoms with van der Waals surface area (Å²) in [4.78, 5) is 12.8. The normalized spacial score (nSPS) is 11.6. The van der Waals surface area contributed by atoms with Crippen LogP contribution in [0.2, 0.25) is 0 Å². The highest BCUT2D eigenvalue weighted by molar-refractivity contribution is 5.70. The van der Waals surface area contributed by atoms with Gasteiger partial charge in [-0.15, -0.1) is 0 Å². The third-order valence-electron chi connectivity index (χ3n) is 5.48. The van der Waals surface area contributed by atoms with Gasteiger partial charge in [-0.1, -0.05) is 54.6 Å². The van der Waals surface area contributed by atoms with Crippen LogP contribution in [0.1, 0.15) is 28.7 Å². The summed E-state index contributed by atoms with van der Waals surface area (Å²) in [5, 5.41) is 8.93. The minimum absolute atomic E-state index is 0.00447. The first-order valence-electron chi connectivity index (χ1n) is 11.3. The molecule has 0 radical (unpaired) electrons. The predicted octanol–water partition coefficient (Wildman–Crippen LogP) is 5.99. The third kappa shape index (κ3) is 8.40. The highest BCUT2D eigenvalue weighted by Gasteiger charge is 2.34. The minimum atomic E-state index is -4.75. The zero-order valence-corrected chi connectivity index (χ0v) is 19.1. The minimum Gasteiger partial charge on any atom is -0.494 e. The fourth-order valence-electron chi connectivity index (χ4n) is 3.76. The van der Waals surface area contributed by atoms with Crippen LogP contribution in [0.25, 0.3) is 0 Å². The molecule has 4 nitrogen and oxygen atoms in total. The summed E-state index contributed by atoms with van der Waals surface area (Å²) in [5.41, 5.74) is 0.436. The number of alkyl halides is 3. The predicted molar refractivity (Wildman–Crippen MR) is 125 cm³/mol. The quantitative estimate of drug-likeness (QED) is 0.251. The fourth-order valence-corrected chi connectivity index (χ4v) is 3.76. The van der Waals surface area contributed by atoms with Crippen molar-refractivity contribution in [1.82, 2.24) is 4.90 Å². The molecular weight excluding hydrogens is 462 g/mol. The van der Waals surface area contributed by atoms with E-state index in [1.165, 1.54) is 12.1 Å². The molecule has 0 spiro atoms. The van der Waals surface area contributed by atoms with Crippen LogP contribution >= 0.6 is 0 Å². The lowest BCUT2D eigenvalue weighted by atomic mass is 10.1. The smallest absolute Gasteiger partial charge is 0.419 e. The molecule has 35 heavy (non-hydrogen) atoms. The van der Waals surface area contributed by atoms with E-state index in [4.69, 9.17) is 9.84 Å². The molecule has 0 unspecified atom stereocenters. The van der Waals surface area contributed by atoms with Crippen LogP contribution in [0.5, 0.6) is 5.75 Å². The van der Waals surface area contributed by atoms with Gasteiger partial charge in [0.15, 0.2) is 0 Å². The van der Waals surface area contributed by atoms with Crippen molar-refractivity contribution < 1.29 is 32.2 Å². The summed E-state index contributed by atoms with van der Waals surface area (Å²) in [6.07, 6.45) is -3.64. The number of halogens is 4. The number of carboxylic acids is 1. The average molecular weight is 490 g/mol. The Morgan fingerprint density at radius 2 is 1.63 bits per heavy atom. The van der Waals surface area contributed by atoms with Crippen molar-refractivity contribution in [2.24, 2.45) is 0 Å². The van der Waals surface area contributed by atoms with Gasteiger partial charge in [0, 0.05) is 25.2 Å². The van der Waals surface area contributed by atoms with E-state index in [1.54, 1.807) is 24.3 Å². The highest BCUT2D eigenvalue weighted by atomic mass is 19.4. The van der Waals surface area contributed by atoms with E-state index in [0.717, 1.165) is 11.6 Å². The molecule has 0 atom stereocenters. The van der Waals surface area contributed by atoms with Gasteiger partial charge < -0.3 is 9.84 Å². The molecule has 0 heterocycles. The number of ether oxygens (including phenoxy) is 1. The molecule has 8 heteroatoms. The van der Waals surface area contributed by atoms with Crippen molar-refractivity contribution in [1.29, 1.82) is 0 Å². The molecule has 0 aliphatic carbocycles. The van der Waals surface area contributed by atoms with Crippen LogP contribution < -0.4 is 4.74 Å². The number of rotatable bonds is 12. The van der Waals surface area contributed by atoms with Crippen molar-refractivity contribution >= 4 is 5.97 Å². The average Bonchev–Trinajstić information content (AvgIpc) is 2.81. The van der Waals surface area contributed by atoms with Gasteiger partial charge in [0.25, 0.3) is 0 Å². The molecule has 0 aliphatic rings. The van der Waals surface area contributed by atoms with Gasteiger partial charge in [0.1, 0.15) is 11.6 Å². The standard InChI is InChI=1S/C27H27F4NO3/c28-26-22(10-5-12-24(26)27(29,30)31)19-32(15-13-20-7-2-1-3-8-20)14-6-16-35-23-11-4-9-21(17-23)18-25(33)34/h1-5,7-12,17H,6,13-16,18-19H2,(H,33,34). The van der Waals surface area contributed by atoms with Gasteiger partial charge in [-0.2, -0.15) is 13.2 Å². The summed E-state index contributed by atoms with van der Waals surface area (Å²) in [7, 11) is 0. The summed E-state index contributed by atoms with van der Waals surface area (Å²) in [6.45, 7) is 1.38. The van der Waals surface area contributed by atoms with E-state index in [-0.39, 0.29) is 18.5 Å². The molecular formula is C27H27F4NO3. The Labute approximate surface area is 201 Å². The number of hydrogen-bond donors (Lipinski definition) is 1. The van der Waals surface area contributed by atoms with Crippen molar-refractivity contribution in [3.63, 3.8) is 0 Å². The fraction of sp³-hybridized carbons (Fsp3) is 0.296. The van der Waals surface area contributed by atoms with Gasteiger partial charge >= 0.3 is 12.1 Å². The molecule has 3 aromatic carbocycles. The van der Waals surface area contributed by atoms with E-state index in [2.05, 4.69) is 0 Å². The molecule has 0 saturated heterocycles. The Kier molecular flexibility index (Phi) is 9.25. The lowest BCUT2D eigenvalue weighted by Crippen LogP contribution is -2.28. The summed E-state index contributed by atoms with van der Waals surface area (Å²) in [6, 6.07) is 19.8. The van der Waals surface area contributed by atoms with Crippen molar-refractivity contribution in [3.8, 4) is 5.75 Å². The zero-order valence-electron chi connectivity index (χ0n) is 19.1. The molecule has 1 N–H and O–H groups in total. The second-order valence-electron chi connectivity index (χ2n) is 8.21. The lowest BCUT2D eigenvalue weighted by molar-refractivity contribution is -0.140. The van der Waals surface area contributed by atoms with Crippen LogP contribution in [0.15, 0.2) is 72.8 Å². The van der Waals surface area contributed by atoms with Gasteiger partial charge in [-0.05, 0) is 42.2 Å². The van der Waals surface area contributed by atoms with E-state index < -0.39 is 23.5 Å². The van der Waals surface area contributed by atoms with E-state index in [1.807, 2.05) is 35.2 Å². The number of carboxylic acid groups (broad SMARTS) is 1. The van der Waals surface area contributed by atoms with Crippen molar-refractivity contribution in [2.45, 2.75) is 32.0 Å². The molecule has 0 bridgehead atoms. The Hall–Kier alpha value is -3.39. The Morgan fingerprint density at radius 3 is 2.34 bits per heavy atom. The topological polar surface area (TPSA) is 49.8 Å². The monoisotopic (exact) mass is 489 g/mol. The van der Waals surface area contributed by atoms with Gasteiger partial charge in [-0.3, -0.25) is 9.69 Å². The van der Waals surface area contributed by atoms with Crippen LogP contribution in [0.4, 0.5) is 17.6 Å². The highest BCUT2D eigenvalue weighted by Crippen LogP contribution is 2.32. The summed E-state index contributed by atoms with van der Waals surface area (Å²) in [5.74, 6) is -1.63. The third-order valence-corrected chi connectivity index (χ3v) is 5.48. The molecule has 0 aromatic heterocycles. The number of nitrogens with zero attached hydrogens (tertiary/aromatic N) is 1. The number of hydrogen-bond acceptors (Lipinski definition) is 3. The largest absolute Gasteiger partial charge is 0.494 e. The van der Waals surface area contributed by atoms with Gasteiger partial charge in [0.2, 0.25) is 0 Å². The van der Waals surface area contributed by atoms with E-state index in [9.17, 15) is 22.4 Å². The maximum atomic E-state index is 14.6. The second-order valence-corrected chi connectivity index (χ2v) is 8.21. The molecule has 3 aromatic rings. The summed E-state index contributed by atoms with van der Waals surface area (Å²) < 4.78 is 59.8. The first-order chi connectivity index (χ1) is 16.7. The Morgan fingerprint density at radius 1 is 0.914 bits per heavy atom. The summed E-state index contributed by atoms with van der Waals surface area (Å²) >= 11 is 0. The molecule has 0 fully saturated rings. The number of aliphatic carboxylic acids is 1. The lowest BCUT2D eigenvalue weighted by Gasteiger charge is -2.23. The zero-order chi connectivity index (χ0) is 25.3. The SMILES string of the molecule is O=C(O)Cc1cccc(OCCCN(CCc2ccccc2)Cc2cccc(C(F)(F)F)c2F)c1. The Bertz CT molecular complexity index is 1100. The number of benzene rings is 3. The van der Waals surface area contributed by atoms with Crippen molar-refractivity contribution in [3.05, 3.63) is 101 Å². The Balaban J connectivity index is 1.63. The maximum absolute atomic E-state index is 14.6. The maximum Gasteiger partial charge on any atom is 0.419 e. The molecule has 0 amide bonds. The second kappa shape index (κ2) is 12.4. The molecule has 0 aliphatic heterocycles. The van der Waals surface area contributed by atoms with Crippen LogP contribution in [-0.4, -0.2) is 35.7 Å². The van der Waals surface area contributed by atoms with Crippen LogP contribution in [0, 0.1) is 5.82 Å². The van der Waals surface area contributed by atoms with E-state index in [0.29, 0.717) is 43.9 Å². The van der Waals surface area contributed by atoms with E-state index >= 15 is 0 Å². The van der Waals surface area contributed by atoms with Crippen LogP contribution in [0.3, 0.4) is 0 Å². The first-order valence-corrected chi connectivity index (χ1v) is 11.3. The van der Waals surface area contributed by atoms with Gasteiger partial charge in [0.05, 0.1) is 18.6 Å².